The van der Waals surface area contributed by atoms with Crippen molar-refractivity contribution in [2.45, 2.75) is 43.8 Å². The number of carbonyl (C=O) groups excluding carboxylic acids is 3. The number of nitrogens with one attached hydrogen (secondary N) is 2. The summed E-state index contributed by atoms with van der Waals surface area (Å²) in [5.74, 6) is -0.857. The minimum Gasteiger partial charge on any atom is -0.465 e. The first-order valence-corrected chi connectivity index (χ1v) is 15.2. The fourth-order valence-electron chi connectivity index (χ4n) is 4.24. The molecule has 0 fully saturated rings. The van der Waals surface area contributed by atoms with Crippen molar-refractivity contribution in [3.63, 3.8) is 0 Å². The summed E-state index contributed by atoms with van der Waals surface area (Å²) in [7, 11) is 1.28. The Morgan fingerprint density at radius 1 is 0.976 bits per heavy atom. The highest BCUT2D eigenvalue weighted by Gasteiger charge is 2.16. The van der Waals surface area contributed by atoms with Crippen LogP contribution in [0.3, 0.4) is 0 Å². The lowest BCUT2D eigenvalue weighted by atomic mass is 10.1. The van der Waals surface area contributed by atoms with Gasteiger partial charge in [0.2, 0.25) is 11.8 Å². The summed E-state index contributed by atoms with van der Waals surface area (Å²) in [5.41, 5.74) is 2.26. The van der Waals surface area contributed by atoms with E-state index < -0.39 is 5.97 Å². The zero-order chi connectivity index (χ0) is 29.0. The van der Waals surface area contributed by atoms with Gasteiger partial charge in [-0.15, -0.1) is 11.3 Å². The van der Waals surface area contributed by atoms with Crippen LogP contribution in [0.15, 0.2) is 76.0 Å². The third-order valence-corrected chi connectivity index (χ3v) is 8.20. The second-order valence-corrected chi connectivity index (χ2v) is 11.1. The van der Waals surface area contributed by atoms with E-state index in [4.69, 9.17) is 4.74 Å². The van der Waals surface area contributed by atoms with Crippen LogP contribution in [0.4, 0.5) is 5.69 Å². The highest BCUT2D eigenvalue weighted by Crippen LogP contribution is 2.22. The monoisotopic (exact) mass is 592 g/mol. The predicted octanol–water partition coefficient (Wildman–Crippen LogP) is 4.89. The van der Waals surface area contributed by atoms with Crippen LogP contribution in [0.1, 0.15) is 41.6 Å². The maximum Gasteiger partial charge on any atom is 0.339 e. The number of unbranched alkanes of at least 4 members (excludes halogenated alkanes) is 2. The Morgan fingerprint density at radius 3 is 2.56 bits per heavy atom. The third kappa shape index (κ3) is 8.51. The Hall–Kier alpha value is -3.96. The van der Waals surface area contributed by atoms with Gasteiger partial charge in [-0.25, -0.2) is 9.78 Å². The van der Waals surface area contributed by atoms with Gasteiger partial charge in [0.1, 0.15) is 4.70 Å². The SMILES string of the molecule is COC(=O)c1ccccc1NC(=O)CSc1nc2ccsc2c(=O)n1CCCCCC(=O)NCCc1ccccc1. The Balaban J connectivity index is 1.29. The molecule has 9 nitrogen and oxygen atoms in total. The molecule has 2 heterocycles. The number of rotatable bonds is 14. The molecule has 2 amide bonds. The number of ether oxygens (including phenoxy) is 1. The van der Waals surface area contributed by atoms with Gasteiger partial charge in [-0.3, -0.25) is 19.0 Å². The van der Waals surface area contributed by atoms with E-state index in [2.05, 4.69) is 15.6 Å². The van der Waals surface area contributed by atoms with Crippen molar-refractivity contribution < 1.29 is 19.1 Å². The molecule has 0 aliphatic carbocycles. The number of amides is 2. The second kappa shape index (κ2) is 15.2. The normalized spacial score (nSPS) is 10.9. The van der Waals surface area contributed by atoms with E-state index >= 15 is 0 Å². The average Bonchev–Trinajstić information content (AvgIpc) is 3.46. The summed E-state index contributed by atoms with van der Waals surface area (Å²) >= 11 is 2.51. The van der Waals surface area contributed by atoms with Crippen LogP contribution < -0.4 is 16.2 Å². The minimum absolute atomic E-state index is 0.000737. The molecule has 2 aromatic carbocycles. The predicted molar refractivity (Wildman–Crippen MR) is 163 cm³/mol. The molecule has 41 heavy (non-hydrogen) atoms. The third-order valence-electron chi connectivity index (χ3n) is 6.33. The number of hydrogen-bond donors (Lipinski definition) is 2. The highest BCUT2D eigenvalue weighted by molar-refractivity contribution is 7.99. The van der Waals surface area contributed by atoms with Crippen molar-refractivity contribution in [1.29, 1.82) is 0 Å². The van der Waals surface area contributed by atoms with Crippen molar-refractivity contribution in [2.24, 2.45) is 0 Å². The van der Waals surface area contributed by atoms with Crippen LogP contribution in [0.5, 0.6) is 0 Å². The van der Waals surface area contributed by atoms with Crippen molar-refractivity contribution in [2.75, 3.05) is 24.7 Å². The standard InChI is InChI=1S/C30H32N4O5S2/c1-39-29(38)22-12-7-8-13-23(22)32-26(36)20-41-30-33-24-16-19-40-27(24)28(37)34(30)18-9-3-6-14-25(35)31-17-15-21-10-4-2-5-11-21/h2,4-5,7-8,10-13,16,19H,3,6,9,14-15,17-18,20H2,1H3,(H,31,35)(H,32,36). The number of thioether (sulfide) groups is 1. The molecular formula is C30H32N4O5S2. The fourth-order valence-corrected chi connectivity index (χ4v) is 5.84. The molecule has 11 heteroatoms. The summed E-state index contributed by atoms with van der Waals surface area (Å²) in [6, 6.07) is 18.4. The highest BCUT2D eigenvalue weighted by atomic mass is 32.2. The number of aromatic nitrogens is 2. The first-order chi connectivity index (χ1) is 20.0. The quantitative estimate of drug-likeness (QED) is 0.0926. The molecule has 0 saturated heterocycles. The maximum atomic E-state index is 13.2. The van der Waals surface area contributed by atoms with E-state index in [1.165, 1.54) is 35.8 Å². The Labute approximate surface area is 246 Å². The van der Waals surface area contributed by atoms with E-state index in [-0.39, 0.29) is 28.7 Å². The van der Waals surface area contributed by atoms with Crippen LogP contribution in [-0.4, -0.2) is 46.7 Å². The molecule has 0 atom stereocenters. The number of anilines is 1. The number of nitrogens with zero attached hydrogens (tertiary/aromatic N) is 2. The van der Waals surface area contributed by atoms with Gasteiger partial charge in [-0.1, -0.05) is 60.6 Å². The van der Waals surface area contributed by atoms with E-state index in [0.717, 1.165) is 12.8 Å². The Bertz CT molecular complexity index is 1550. The van der Waals surface area contributed by atoms with Gasteiger partial charge in [0, 0.05) is 19.5 Å². The lowest BCUT2D eigenvalue weighted by molar-refractivity contribution is -0.121. The molecule has 4 rings (SSSR count). The fraction of sp³-hybridized carbons (Fsp3) is 0.300. The molecule has 0 radical (unpaired) electrons. The molecule has 4 aromatic rings. The van der Waals surface area contributed by atoms with E-state index in [9.17, 15) is 19.2 Å². The maximum absolute atomic E-state index is 13.2. The number of thiophene rings is 1. The Kier molecular flexibility index (Phi) is 11.1. The molecule has 0 aliphatic rings. The minimum atomic E-state index is -0.545. The first kappa shape index (κ1) is 30.0. The smallest absolute Gasteiger partial charge is 0.339 e. The van der Waals surface area contributed by atoms with Crippen molar-refractivity contribution in [3.05, 3.63) is 87.5 Å². The van der Waals surface area contributed by atoms with Gasteiger partial charge in [0.25, 0.3) is 5.56 Å². The van der Waals surface area contributed by atoms with E-state index in [1.54, 1.807) is 34.9 Å². The molecule has 0 spiro atoms. The topological polar surface area (TPSA) is 119 Å². The summed E-state index contributed by atoms with van der Waals surface area (Å²) in [6.07, 6.45) is 3.41. The van der Waals surface area contributed by atoms with Gasteiger partial charge >= 0.3 is 5.97 Å². The number of benzene rings is 2. The molecule has 0 bridgehead atoms. The molecule has 0 saturated carbocycles. The van der Waals surface area contributed by atoms with Crippen molar-refractivity contribution >= 4 is 56.8 Å². The van der Waals surface area contributed by atoms with E-state index in [1.807, 2.05) is 35.7 Å². The van der Waals surface area contributed by atoms with Gasteiger partial charge in [0.15, 0.2) is 5.16 Å². The number of carbonyl (C=O) groups is 3. The summed E-state index contributed by atoms with van der Waals surface area (Å²) in [6.45, 7) is 1.04. The van der Waals surface area contributed by atoms with Crippen molar-refractivity contribution in [1.82, 2.24) is 14.9 Å². The molecule has 0 unspecified atom stereocenters. The number of fused-ring (bicyclic) bond motifs is 1. The molecule has 214 valence electrons. The summed E-state index contributed by atoms with van der Waals surface area (Å²) < 4.78 is 6.97. The first-order valence-electron chi connectivity index (χ1n) is 13.3. The van der Waals surface area contributed by atoms with Gasteiger partial charge in [0.05, 0.1) is 29.6 Å². The zero-order valence-corrected chi connectivity index (χ0v) is 24.4. The Morgan fingerprint density at radius 2 is 1.76 bits per heavy atom. The molecule has 2 N–H and O–H groups in total. The van der Waals surface area contributed by atoms with Crippen LogP contribution in [0.2, 0.25) is 0 Å². The van der Waals surface area contributed by atoms with Gasteiger partial charge < -0.3 is 15.4 Å². The van der Waals surface area contributed by atoms with Crippen LogP contribution in [0, 0.1) is 0 Å². The molecular weight excluding hydrogens is 560 g/mol. The molecule has 0 aliphatic heterocycles. The summed E-state index contributed by atoms with van der Waals surface area (Å²) in [5, 5.41) is 7.99. The molecule has 2 aromatic heterocycles. The van der Waals surface area contributed by atoms with Crippen LogP contribution in [-0.2, 0) is 27.3 Å². The van der Waals surface area contributed by atoms with Crippen molar-refractivity contribution in [3.8, 4) is 0 Å². The number of hydrogen-bond acceptors (Lipinski definition) is 8. The van der Waals surface area contributed by atoms with Crippen LogP contribution in [0.25, 0.3) is 10.2 Å². The summed E-state index contributed by atoms with van der Waals surface area (Å²) in [4.78, 5) is 54.8. The second-order valence-electron chi connectivity index (χ2n) is 9.26. The average molecular weight is 593 g/mol. The largest absolute Gasteiger partial charge is 0.465 e. The van der Waals surface area contributed by atoms with Gasteiger partial charge in [-0.2, -0.15) is 0 Å². The number of esters is 1. The zero-order valence-electron chi connectivity index (χ0n) is 22.8. The lowest BCUT2D eigenvalue weighted by Gasteiger charge is -2.13. The van der Waals surface area contributed by atoms with Gasteiger partial charge in [-0.05, 0) is 48.4 Å². The lowest BCUT2D eigenvalue weighted by Crippen LogP contribution is -2.25. The van der Waals surface area contributed by atoms with Crippen LogP contribution >= 0.6 is 23.1 Å². The van der Waals surface area contributed by atoms with E-state index in [0.29, 0.717) is 53.4 Å². The number of methoxy groups -OCH3 is 1. The number of para-hydroxylation sites is 1.